The molecule has 0 radical (unpaired) electrons. The van der Waals surface area contributed by atoms with Crippen molar-refractivity contribution in [3.8, 4) is 11.5 Å². The van der Waals surface area contributed by atoms with E-state index in [0.29, 0.717) is 30.2 Å². The normalized spacial score (nSPS) is 10.1. The minimum atomic E-state index is -0.188. The van der Waals surface area contributed by atoms with Crippen molar-refractivity contribution in [2.75, 3.05) is 18.5 Å². The molecule has 2 aromatic carbocycles. The van der Waals surface area contributed by atoms with Crippen LogP contribution in [0.4, 0.5) is 5.69 Å². The van der Waals surface area contributed by atoms with Crippen LogP contribution in [-0.2, 0) is 11.2 Å². The Bertz CT molecular complexity index is 597. The number of phenols is 1. The molecule has 0 aliphatic heterocycles. The number of phenolic OH excluding ortho intramolecular Hbond substituents is 1. The van der Waals surface area contributed by atoms with Crippen LogP contribution in [0.15, 0.2) is 48.5 Å². The lowest BCUT2D eigenvalue weighted by Gasteiger charge is -2.08. The molecular weight excluding hydrogens is 268 g/mol. The number of aromatic hydroxyl groups is 1. The van der Waals surface area contributed by atoms with E-state index in [0.717, 1.165) is 0 Å². The van der Waals surface area contributed by atoms with Crippen molar-refractivity contribution in [2.45, 2.75) is 6.42 Å². The van der Waals surface area contributed by atoms with Crippen molar-refractivity contribution < 1.29 is 14.6 Å². The molecule has 0 atom stereocenters. The largest absolute Gasteiger partial charge is 0.508 e. The molecule has 0 fully saturated rings. The number of nitrogens with two attached hydrogens (primary N) is 1. The summed E-state index contributed by atoms with van der Waals surface area (Å²) in [7, 11) is 0. The zero-order chi connectivity index (χ0) is 15.1. The average molecular weight is 286 g/mol. The summed E-state index contributed by atoms with van der Waals surface area (Å²) in [6, 6.07) is 13.8. The lowest BCUT2D eigenvalue weighted by molar-refractivity contribution is -0.115. The molecular formula is C16H18N2O3. The Hall–Kier alpha value is -2.53. The van der Waals surface area contributed by atoms with Crippen molar-refractivity contribution in [3.05, 3.63) is 54.1 Å². The fourth-order valence-corrected chi connectivity index (χ4v) is 1.85. The van der Waals surface area contributed by atoms with Crippen LogP contribution >= 0.6 is 0 Å². The number of carbonyl (C=O) groups is 1. The fraction of sp³-hybridized carbons (Fsp3) is 0.188. The molecule has 0 aromatic heterocycles. The SMILES string of the molecule is NCCOc1ccc(NC(=O)Cc2ccccc2O)cc1. The van der Waals surface area contributed by atoms with E-state index in [9.17, 15) is 9.90 Å². The molecule has 0 saturated carbocycles. The number of hydrogen-bond donors (Lipinski definition) is 3. The molecule has 110 valence electrons. The second-order valence-corrected chi connectivity index (χ2v) is 4.52. The number of hydrogen-bond acceptors (Lipinski definition) is 4. The van der Waals surface area contributed by atoms with Crippen LogP contribution in [0.2, 0.25) is 0 Å². The van der Waals surface area contributed by atoms with Crippen LogP contribution in [0.3, 0.4) is 0 Å². The van der Waals surface area contributed by atoms with Gasteiger partial charge in [-0.1, -0.05) is 18.2 Å². The Labute approximate surface area is 123 Å². The highest BCUT2D eigenvalue weighted by molar-refractivity contribution is 5.92. The van der Waals surface area contributed by atoms with Gasteiger partial charge in [-0.15, -0.1) is 0 Å². The van der Waals surface area contributed by atoms with Gasteiger partial charge in [0.25, 0.3) is 0 Å². The Balaban J connectivity index is 1.92. The maximum absolute atomic E-state index is 11.9. The van der Waals surface area contributed by atoms with E-state index in [1.54, 1.807) is 48.5 Å². The maximum Gasteiger partial charge on any atom is 0.228 e. The summed E-state index contributed by atoms with van der Waals surface area (Å²) in [4.78, 5) is 11.9. The van der Waals surface area contributed by atoms with E-state index in [1.807, 2.05) is 0 Å². The molecule has 1 amide bonds. The third-order valence-corrected chi connectivity index (χ3v) is 2.87. The van der Waals surface area contributed by atoms with Gasteiger partial charge in [-0.25, -0.2) is 0 Å². The van der Waals surface area contributed by atoms with Crippen LogP contribution < -0.4 is 15.8 Å². The highest BCUT2D eigenvalue weighted by atomic mass is 16.5. The van der Waals surface area contributed by atoms with Gasteiger partial charge < -0.3 is 20.9 Å². The Morgan fingerprint density at radius 1 is 1.14 bits per heavy atom. The van der Waals surface area contributed by atoms with Gasteiger partial charge in [0.15, 0.2) is 0 Å². The Morgan fingerprint density at radius 2 is 1.86 bits per heavy atom. The number of amides is 1. The summed E-state index contributed by atoms with van der Waals surface area (Å²) in [6.45, 7) is 0.915. The van der Waals surface area contributed by atoms with Gasteiger partial charge in [0, 0.05) is 17.8 Å². The second kappa shape index (κ2) is 7.31. The van der Waals surface area contributed by atoms with Crippen LogP contribution in [0.25, 0.3) is 0 Å². The lowest BCUT2D eigenvalue weighted by Crippen LogP contribution is -2.14. The maximum atomic E-state index is 11.9. The van der Waals surface area contributed by atoms with E-state index in [4.69, 9.17) is 10.5 Å². The molecule has 2 rings (SSSR count). The molecule has 5 heteroatoms. The van der Waals surface area contributed by atoms with Crippen molar-refractivity contribution >= 4 is 11.6 Å². The second-order valence-electron chi connectivity index (χ2n) is 4.52. The minimum absolute atomic E-state index is 0.123. The van der Waals surface area contributed by atoms with E-state index < -0.39 is 0 Å². The summed E-state index contributed by atoms with van der Waals surface area (Å²) in [5, 5.41) is 12.4. The Kier molecular flexibility index (Phi) is 5.17. The van der Waals surface area contributed by atoms with Crippen LogP contribution in [-0.4, -0.2) is 24.2 Å². The van der Waals surface area contributed by atoms with Crippen molar-refractivity contribution in [2.24, 2.45) is 5.73 Å². The van der Waals surface area contributed by atoms with Crippen molar-refractivity contribution in [3.63, 3.8) is 0 Å². The van der Waals surface area contributed by atoms with Crippen LogP contribution in [0.5, 0.6) is 11.5 Å². The third kappa shape index (κ3) is 4.50. The first-order valence-corrected chi connectivity index (χ1v) is 6.68. The van der Waals surface area contributed by atoms with Crippen molar-refractivity contribution in [1.29, 1.82) is 0 Å². The van der Waals surface area contributed by atoms with E-state index in [2.05, 4.69) is 5.32 Å². The summed E-state index contributed by atoms with van der Waals surface area (Å²) >= 11 is 0. The van der Waals surface area contributed by atoms with Crippen LogP contribution in [0, 0.1) is 0 Å². The van der Waals surface area contributed by atoms with Gasteiger partial charge in [0.1, 0.15) is 18.1 Å². The molecule has 0 saturated heterocycles. The van der Waals surface area contributed by atoms with Crippen LogP contribution in [0.1, 0.15) is 5.56 Å². The number of rotatable bonds is 6. The topological polar surface area (TPSA) is 84.6 Å². The molecule has 4 N–H and O–H groups in total. The summed E-state index contributed by atoms with van der Waals surface area (Å²) < 4.78 is 5.36. The number of benzene rings is 2. The van der Waals surface area contributed by atoms with E-state index in [1.165, 1.54) is 0 Å². The van der Waals surface area contributed by atoms with Gasteiger partial charge in [-0.3, -0.25) is 4.79 Å². The molecule has 0 spiro atoms. The zero-order valence-corrected chi connectivity index (χ0v) is 11.6. The number of para-hydroxylation sites is 1. The van der Waals surface area contributed by atoms with Gasteiger partial charge >= 0.3 is 0 Å². The first-order valence-electron chi connectivity index (χ1n) is 6.68. The summed E-state index contributed by atoms with van der Waals surface area (Å²) in [6.07, 6.45) is 0.123. The third-order valence-electron chi connectivity index (χ3n) is 2.87. The van der Waals surface area contributed by atoms with Crippen molar-refractivity contribution in [1.82, 2.24) is 0 Å². The number of nitrogens with one attached hydrogen (secondary N) is 1. The Morgan fingerprint density at radius 3 is 2.52 bits per heavy atom. The highest BCUT2D eigenvalue weighted by Gasteiger charge is 2.07. The summed E-state index contributed by atoms with van der Waals surface area (Å²) in [5.41, 5.74) is 6.63. The van der Waals surface area contributed by atoms with E-state index >= 15 is 0 Å². The van der Waals surface area contributed by atoms with E-state index in [-0.39, 0.29) is 18.1 Å². The summed E-state index contributed by atoms with van der Waals surface area (Å²) in [5.74, 6) is 0.643. The standard InChI is InChI=1S/C16H18N2O3/c17-9-10-21-14-7-5-13(6-8-14)18-16(20)11-12-3-1-2-4-15(12)19/h1-8,19H,9-11,17H2,(H,18,20). The van der Waals surface area contributed by atoms with Gasteiger partial charge in [0.05, 0.1) is 6.42 Å². The number of anilines is 1. The average Bonchev–Trinajstić information content (AvgIpc) is 2.49. The van der Waals surface area contributed by atoms with Gasteiger partial charge in [-0.05, 0) is 30.3 Å². The monoisotopic (exact) mass is 286 g/mol. The lowest BCUT2D eigenvalue weighted by atomic mass is 10.1. The van der Waals surface area contributed by atoms with Gasteiger partial charge in [-0.2, -0.15) is 0 Å². The molecule has 0 bridgehead atoms. The molecule has 0 aliphatic carbocycles. The predicted octanol–water partition coefficient (Wildman–Crippen LogP) is 1.91. The number of ether oxygens (including phenoxy) is 1. The molecule has 5 nitrogen and oxygen atoms in total. The minimum Gasteiger partial charge on any atom is -0.508 e. The van der Waals surface area contributed by atoms with Gasteiger partial charge in [0.2, 0.25) is 5.91 Å². The molecule has 2 aromatic rings. The number of carbonyl (C=O) groups excluding carboxylic acids is 1. The molecule has 0 heterocycles. The zero-order valence-electron chi connectivity index (χ0n) is 11.6. The predicted molar refractivity (Wildman–Crippen MR) is 81.4 cm³/mol. The molecule has 0 aliphatic rings. The first-order chi connectivity index (χ1) is 10.2. The fourth-order valence-electron chi connectivity index (χ4n) is 1.85. The highest BCUT2D eigenvalue weighted by Crippen LogP contribution is 2.18. The quantitative estimate of drug-likeness (QED) is 0.757. The molecule has 0 unspecified atom stereocenters. The first kappa shape index (κ1) is 14.9. The smallest absolute Gasteiger partial charge is 0.228 e. The molecule has 21 heavy (non-hydrogen) atoms.